The van der Waals surface area contributed by atoms with Crippen LogP contribution in [0.2, 0.25) is 0 Å². The van der Waals surface area contributed by atoms with Gasteiger partial charge in [0.1, 0.15) is 12.1 Å². The Kier molecular flexibility index (Phi) is 4.09. The van der Waals surface area contributed by atoms with E-state index in [0.29, 0.717) is 17.8 Å². The van der Waals surface area contributed by atoms with Crippen LogP contribution >= 0.6 is 0 Å². The summed E-state index contributed by atoms with van der Waals surface area (Å²) in [6, 6.07) is 8.06. The maximum Gasteiger partial charge on any atom is 0.183 e. The number of hydrogen-bond acceptors (Lipinski definition) is 6. The highest BCUT2D eigenvalue weighted by Crippen LogP contribution is 2.20. The van der Waals surface area contributed by atoms with E-state index in [2.05, 4.69) is 32.1 Å². The van der Waals surface area contributed by atoms with Gasteiger partial charge in [0.25, 0.3) is 0 Å². The van der Waals surface area contributed by atoms with E-state index in [-0.39, 0.29) is 0 Å². The maximum atomic E-state index is 5.46. The highest BCUT2D eigenvalue weighted by molar-refractivity contribution is 5.81. The molecular weight excluding hydrogens is 278 g/mol. The Labute approximate surface area is 128 Å². The largest absolute Gasteiger partial charge is 0.494 e. The normalized spacial score (nSPS) is 10.6. The Morgan fingerprint density at radius 2 is 1.77 bits per heavy atom. The molecule has 2 aromatic heterocycles. The summed E-state index contributed by atoms with van der Waals surface area (Å²) in [4.78, 5) is 19.0. The van der Waals surface area contributed by atoms with Crippen LogP contribution in [0.3, 0.4) is 0 Å². The van der Waals surface area contributed by atoms with Crippen LogP contribution < -0.4 is 9.64 Å². The standard InChI is InChI=1S/C16H17N5O/c1-3-22-13-6-4-12(5-7-13)10-21(2)16-14-15(19-11-20-16)18-9-8-17-14/h4-9,11H,3,10H2,1-2H3. The molecule has 1 aromatic carbocycles. The molecule has 2 heterocycles. The van der Waals surface area contributed by atoms with Crippen molar-refractivity contribution in [2.24, 2.45) is 0 Å². The van der Waals surface area contributed by atoms with Gasteiger partial charge in [0.2, 0.25) is 0 Å². The smallest absolute Gasteiger partial charge is 0.183 e. The molecule has 112 valence electrons. The SMILES string of the molecule is CCOc1ccc(CN(C)c2ncnc3nccnc23)cc1. The Bertz CT molecular complexity index is 755. The van der Waals surface area contributed by atoms with E-state index >= 15 is 0 Å². The molecule has 0 aliphatic carbocycles. The van der Waals surface area contributed by atoms with Gasteiger partial charge < -0.3 is 9.64 Å². The Balaban J connectivity index is 1.82. The summed E-state index contributed by atoms with van der Waals surface area (Å²) in [5.41, 5.74) is 2.48. The highest BCUT2D eigenvalue weighted by Gasteiger charge is 2.10. The first-order chi connectivity index (χ1) is 10.8. The number of benzene rings is 1. The molecule has 0 spiro atoms. The van der Waals surface area contributed by atoms with E-state index in [9.17, 15) is 0 Å². The first-order valence-corrected chi connectivity index (χ1v) is 7.12. The van der Waals surface area contributed by atoms with Gasteiger partial charge in [0, 0.05) is 26.0 Å². The minimum Gasteiger partial charge on any atom is -0.494 e. The second-order valence-electron chi connectivity index (χ2n) is 4.86. The zero-order valence-electron chi connectivity index (χ0n) is 12.6. The van der Waals surface area contributed by atoms with Crippen LogP contribution in [0.4, 0.5) is 5.82 Å². The number of nitrogens with zero attached hydrogens (tertiary/aromatic N) is 5. The molecule has 0 fully saturated rings. The van der Waals surface area contributed by atoms with Gasteiger partial charge >= 0.3 is 0 Å². The van der Waals surface area contributed by atoms with Crippen LogP contribution in [-0.2, 0) is 6.54 Å². The molecule has 6 heteroatoms. The van der Waals surface area contributed by atoms with Crippen LogP contribution in [-0.4, -0.2) is 33.6 Å². The lowest BCUT2D eigenvalue weighted by atomic mass is 10.2. The highest BCUT2D eigenvalue weighted by atomic mass is 16.5. The van der Waals surface area contributed by atoms with E-state index in [4.69, 9.17) is 4.74 Å². The zero-order valence-corrected chi connectivity index (χ0v) is 12.6. The van der Waals surface area contributed by atoms with Crippen molar-refractivity contribution in [3.63, 3.8) is 0 Å². The van der Waals surface area contributed by atoms with Crippen LogP contribution in [0, 0.1) is 0 Å². The van der Waals surface area contributed by atoms with Gasteiger partial charge in [-0.2, -0.15) is 0 Å². The van der Waals surface area contributed by atoms with Gasteiger partial charge in [0.05, 0.1) is 6.61 Å². The first-order valence-electron chi connectivity index (χ1n) is 7.12. The average molecular weight is 295 g/mol. The van der Waals surface area contributed by atoms with Crippen molar-refractivity contribution in [2.75, 3.05) is 18.6 Å². The topological polar surface area (TPSA) is 64.0 Å². The summed E-state index contributed by atoms with van der Waals surface area (Å²) in [7, 11) is 1.98. The van der Waals surface area contributed by atoms with Crippen molar-refractivity contribution >= 4 is 17.0 Å². The second kappa shape index (κ2) is 6.34. The number of hydrogen-bond donors (Lipinski definition) is 0. The predicted molar refractivity (Wildman–Crippen MR) is 84.8 cm³/mol. The van der Waals surface area contributed by atoms with Gasteiger partial charge in [-0.3, -0.25) is 0 Å². The van der Waals surface area contributed by atoms with Crippen molar-refractivity contribution < 1.29 is 4.74 Å². The van der Waals surface area contributed by atoms with Crippen LogP contribution in [0.15, 0.2) is 43.0 Å². The molecule has 0 aliphatic heterocycles. The summed E-state index contributed by atoms with van der Waals surface area (Å²) in [6.45, 7) is 3.36. The Morgan fingerprint density at radius 1 is 1.00 bits per heavy atom. The fraction of sp³-hybridized carbons (Fsp3) is 0.250. The third kappa shape index (κ3) is 2.95. The molecule has 0 radical (unpaired) electrons. The Morgan fingerprint density at radius 3 is 2.55 bits per heavy atom. The molecular formula is C16H17N5O. The second-order valence-corrected chi connectivity index (χ2v) is 4.86. The molecule has 0 saturated heterocycles. The van der Waals surface area contributed by atoms with Crippen molar-refractivity contribution in [1.29, 1.82) is 0 Å². The molecule has 0 amide bonds. The molecule has 22 heavy (non-hydrogen) atoms. The third-order valence-electron chi connectivity index (χ3n) is 3.27. The average Bonchev–Trinajstić information content (AvgIpc) is 2.56. The number of ether oxygens (including phenoxy) is 1. The first kappa shape index (κ1) is 14.2. The lowest BCUT2D eigenvalue weighted by molar-refractivity contribution is 0.340. The van der Waals surface area contributed by atoms with E-state index in [1.165, 1.54) is 11.9 Å². The van der Waals surface area contributed by atoms with Crippen LogP contribution in [0.25, 0.3) is 11.2 Å². The summed E-state index contributed by atoms with van der Waals surface area (Å²) >= 11 is 0. The number of aromatic nitrogens is 4. The molecule has 0 N–H and O–H groups in total. The van der Waals surface area contributed by atoms with Gasteiger partial charge in [-0.15, -0.1) is 0 Å². The van der Waals surface area contributed by atoms with E-state index in [1.54, 1.807) is 12.4 Å². The van der Waals surface area contributed by atoms with Crippen LogP contribution in [0.1, 0.15) is 12.5 Å². The van der Waals surface area contributed by atoms with Crippen LogP contribution in [0.5, 0.6) is 5.75 Å². The summed E-state index contributed by atoms with van der Waals surface area (Å²) in [6.07, 6.45) is 4.80. The summed E-state index contributed by atoms with van der Waals surface area (Å²) < 4.78 is 5.46. The van der Waals surface area contributed by atoms with Crippen molar-refractivity contribution in [3.05, 3.63) is 48.5 Å². The molecule has 0 atom stereocenters. The third-order valence-corrected chi connectivity index (χ3v) is 3.27. The fourth-order valence-electron chi connectivity index (χ4n) is 2.27. The van der Waals surface area contributed by atoms with Crippen molar-refractivity contribution in [1.82, 2.24) is 19.9 Å². The fourth-order valence-corrected chi connectivity index (χ4v) is 2.27. The number of anilines is 1. The number of rotatable bonds is 5. The Hall–Kier alpha value is -2.76. The molecule has 6 nitrogen and oxygen atoms in total. The molecule has 0 aliphatic rings. The molecule has 0 unspecified atom stereocenters. The van der Waals surface area contributed by atoms with E-state index in [1.807, 2.05) is 31.0 Å². The molecule has 3 rings (SSSR count). The van der Waals surface area contributed by atoms with Gasteiger partial charge in [-0.25, -0.2) is 19.9 Å². The monoisotopic (exact) mass is 295 g/mol. The lowest BCUT2D eigenvalue weighted by Gasteiger charge is -2.19. The van der Waals surface area contributed by atoms with Crippen molar-refractivity contribution in [3.8, 4) is 5.75 Å². The predicted octanol–water partition coefficient (Wildman–Crippen LogP) is 2.45. The zero-order chi connectivity index (χ0) is 15.4. The minimum absolute atomic E-state index is 0.603. The molecule has 0 saturated carbocycles. The van der Waals surface area contributed by atoms with Gasteiger partial charge in [-0.1, -0.05) is 12.1 Å². The quantitative estimate of drug-likeness (QED) is 0.720. The summed E-state index contributed by atoms with van der Waals surface area (Å²) in [5.74, 6) is 1.65. The van der Waals surface area contributed by atoms with E-state index in [0.717, 1.165) is 18.1 Å². The van der Waals surface area contributed by atoms with Gasteiger partial charge in [-0.05, 0) is 24.6 Å². The van der Waals surface area contributed by atoms with E-state index < -0.39 is 0 Å². The maximum absolute atomic E-state index is 5.46. The van der Waals surface area contributed by atoms with Crippen molar-refractivity contribution in [2.45, 2.75) is 13.5 Å². The minimum atomic E-state index is 0.603. The molecule has 0 bridgehead atoms. The summed E-state index contributed by atoms with van der Waals surface area (Å²) in [5, 5.41) is 0. The lowest BCUT2D eigenvalue weighted by Crippen LogP contribution is -2.18. The van der Waals surface area contributed by atoms with Gasteiger partial charge in [0.15, 0.2) is 17.0 Å². The molecule has 3 aromatic rings. The number of fused-ring (bicyclic) bond motifs is 1.